The number of hydrogen-bond donors (Lipinski definition) is 0. The predicted molar refractivity (Wildman–Crippen MR) is 292 cm³/mol. The Balaban J connectivity index is 4.58. The number of ether oxygens (including phenoxy) is 3. The zero-order valence-electron chi connectivity index (χ0n) is 43.3. The van der Waals surface area contributed by atoms with E-state index in [1.807, 2.05) is 122 Å². The Bertz CT molecular complexity index is 1540. The first-order valence-corrected chi connectivity index (χ1v) is 27.0. The summed E-state index contributed by atoms with van der Waals surface area (Å²) in [6, 6.07) is 0. The van der Waals surface area contributed by atoms with E-state index in [-0.39, 0.29) is 31.1 Å². The lowest BCUT2D eigenvalue weighted by molar-refractivity contribution is -0.167. The van der Waals surface area contributed by atoms with E-state index >= 15 is 0 Å². The minimum absolute atomic E-state index is 0.120. The van der Waals surface area contributed by atoms with Crippen LogP contribution in [0.2, 0.25) is 0 Å². The fourth-order valence-corrected chi connectivity index (χ4v) is 6.92. The minimum Gasteiger partial charge on any atom is -0.462 e. The van der Waals surface area contributed by atoms with Crippen LogP contribution < -0.4 is 0 Å². The van der Waals surface area contributed by atoms with Crippen LogP contribution in [0.5, 0.6) is 0 Å². The van der Waals surface area contributed by atoms with Crippen LogP contribution in [0.15, 0.2) is 146 Å². The van der Waals surface area contributed by atoms with E-state index in [0.29, 0.717) is 19.3 Å². The highest BCUT2D eigenvalue weighted by molar-refractivity contribution is 5.71. The molecule has 0 aliphatic carbocycles. The molecular weight excluding hydrogens is 841 g/mol. The van der Waals surface area contributed by atoms with Crippen LogP contribution in [0.25, 0.3) is 0 Å². The van der Waals surface area contributed by atoms with E-state index in [1.165, 1.54) is 83.5 Å². The molecule has 0 aromatic carbocycles. The summed E-state index contributed by atoms with van der Waals surface area (Å²) < 4.78 is 16.8. The smallest absolute Gasteiger partial charge is 0.306 e. The van der Waals surface area contributed by atoms with E-state index in [0.717, 1.165) is 83.5 Å². The highest BCUT2D eigenvalue weighted by atomic mass is 16.6. The van der Waals surface area contributed by atoms with Crippen LogP contribution in [0.1, 0.15) is 207 Å². The molecule has 0 aliphatic heterocycles. The second kappa shape index (κ2) is 54.9. The van der Waals surface area contributed by atoms with Gasteiger partial charge < -0.3 is 14.2 Å². The molecule has 0 aliphatic rings. The number of esters is 3. The fraction of sp³-hybridized carbons (Fsp3) is 0.565. The van der Waals surface area contributed by atoms with Gasteiger partial charge in [0.2, 0.25) is 0 Å². The van der Waals surface area contributed by atoms with Gasteiger partial charge in [-0.2, -0.15) is 0 Å². The molecule has 0 aromatic heterocycles. The van der Waals surface area contributed by atoms with Crippen LogP contribution in [0.4, 0.5) is 0 Å². The van der Waals surface area contributed by atoms with Crippen molar-refractivity contribution in [3.8, 4) is 0 Å². The largest absolute Gasteiger partial charge is 0.462 e. The van der Waals surface area contributed by atoms with Gasteiger partial charge in [0.1, 0.15) is 13.2 Å². The van der Waals surface area contributed by atoms with Crippen molar-refractivity contribution in [2.45, 2.75) is 213 Å². The van der Waals surface area contributed by atoms with E-state index in [9.17, 15) is 14.4 Å². The van der Waals surface area contributed by atoms with Crippen molar-refractivity contribution in [1.82, 2.24) is 0 Å². The molecule has 68 heavy (non-hydrogen) atoms. The van der Waals surface area contributed by atoms with Gasteiger partial charge in [-0.05, 0) is 57.8 Å². The minimum atomic E-state index is -0.820. The van der Waals surface area contributed by atoms with Crippen LogP contribution in [-0.4, -0.2) is 37.2 Å². The van der Waals surface area contributed by atoms with E-state index in [4.69, 9.17) is 14.2 Å². The number of carbonyl (C=O) groups excluding carboxylic acids is 3. The van der Waals surface area contributed by atoms with Crippen molar-refractivity contribution in [3.05, 3.63) is 146 Å². The highest BCUT2D eigenvalue weighted by Gasteiger charge is 2.19. The molecule has 0 spiro atoms. The molecule has 0 heterocycles. The lowest BCUT2D eigenvalue weighted by Crippen LogP contribution is -2.30. The molecule has 1 atom stereocenters. The maximum absolute atomic E-state index is 12.8. The third kappa shape index (κ3) is 52.3. The van der Waals surface area contributed by atoms with Gasteiger partial charge in [-0.15, -0.1) is 0 Å². The Morgan fingerprint density at radius 2 is 0.574 bits per heavy atom. The van der Waals surface area contributed by atoms with Crippen molar-refractivity contribution in [2.75, 3.05) is 13.2 Å². The summed E-state index contributed by atoms with van der Waals surface area (Å²) in [6.45, 7) is 6.26. The third-order valence-corrected chi connectivity index (χ3v) is 10.9. The maximum atomic E-state index is 12.8. The number of allylic oxidation sites excluding steroid dienone is 24. The summed E-state index contributed by atoms with van der Waals surface area (Å²) in [5, 5.41) is 0. The highest BCUT2D eigenvalue weighted by Crippen LogP contribution is 2.15. The first-order chi connectivity index (χ1) is 33.5. The standard InChI is InChI=1S/C62H96O6/c1-4-7-10-13-16-19-22-25-28-30-31-32-35-37-40-43-46-49-52-55-61(64)67-58-59(57-66-60(63)54-51-48-45-42-39-36-33-27-24-21-18-15-12-9-6-3)68-62(65)56-53-50-47-44-41-38-34-29-26-23-20-17-14-11-8-5-2/h7,9-10,12-13,15-16,18-19,21-22,24-25,27-28,30-33,35-37,39-40,59H,4-6,8,11,14,17,20,23,26,29,34,38,41-58H2,1-3H3/b10-7-,12-9-,16-13-,18-15-,22-19-,24-21-,28-25-,31-30+,33-27-,35-32-,39-36-,40-37-. The van der Waals surface area contributed by atoms with Gasteiger partial charge in [-0.1, -0.05) is 276 Å². The first kappa shape index (κ1) is 63.3. The summed E-state index contributed by atoms with van der Waals surface area (Å²) in [5.41, 5.74) is 0. The molecule has 0 saturated heterocycles. The SMILES string of the molecule is CC\C=C/C=C\C=C/C=C\C=C/CCCCCC(=O)OCC(COC(=O)CCCCC\C=C/C=C\C=C\C=C/C=C\C=C/C=C\CC)OC(=O)CCCCCCCCCCCCCCCCCC. The Hall–Kier alpha value is -4.71. The third-order valence-electron chi connectivity index (χ3n) is 10.9. The molecule has 0 saturated carbocycles. The Morgan fingerprint density at radius 1 is 0.309 bits per heavy atom. The van der Waals surface area contributed by atoms with Crippen molar-refractivity contribution >= 4 is 17.9 Å². The summed E-state index contributed by atoms with van der Waals surface area (Å²) in [5.74, 6) is -1.01. The van der Waals surface area contributed by atoms with Gasteiger partial charge in [0.15, 0.2) is 6.10 Å². The van der Waals surface area contributed by atoms with Gasteiger partial charge in [0.25, 0.3) is 0 Å². The Kier molecular flexibility index (Phi) is 51.1. The zero-order valence-corrected chi connectivity index (χ0v) is 43.3. The molecule has 6 nitrogen and oxygen atoms in total. The zero-order chi connectivity index (χ0) is 49.3. The average molecular weight is 937 g/mol. The van der Waals surface area contributed by atoms with Gasteiger partial charge >= 0.3 is 17.9 Å². The quantitative estimate of drug-likeness (QED) is 0.0262. The molecule has 0 amide bonds. The maximum Gasteiger partial charge on any atom is 0.306 e. The molecule has 0 aromatic rings. The van der Waals surface area contributed by atoms with Crippen molar-refractivity contribution < 1.29 is 28.6 Å². The van der Waals surface area contributed by atoms with Crippen LogP contribution in [-0.2, 0) is 28.6 Å². The summed E-state index contributed by atoms with van der Waals surface area (Å²) in [7, 11) is 0. The molecule has 1 unspecified atom stereocenters. The monoisotopic (exact) mass is 937 g/mol. The number of rotatable bonds is 46. The molecule has 0 bridgehead atoms. The number of unbranched alkanes of at least 4 members (excludes halogenated alkanes) is 21. The lowest BCUT2D eigenvalue weighted by Gasteiger charge is -2.18. The fourth-order valence-electron chi connectivity index (χ4n) is 6.92. The van der Waals surface area contributed by atoms with Crippen LogP contribution in [0.3, 0.4) is 0 Å². The van der Waals surface area contributed by atoms with Crippen molar-refractivity contribution in [3.63, 3.8) is 0 Å². The molecule has 0 radical (unpaired) electrons. The van der Waals surface area contributed by atoms with Gasteiger partial charge in [-0.3, -0.25) is 14.4 Å². The van der Waals surface area contributed by atoms with E-state index < -0.39 is 6.10 Å². The number of carbonyl (C=O) groups is 3. The van der Waals surface area contributed by atoms with Gasteiger partial charge in [-0.25, -0.2) is 0 Å². The van der Waals surface area contributed by atoms with Crippen LogP contribution in [0, 0.1) is 0 Å². The van der Waals surface area contributed by atoms with Gasteiger partial charge in [0, 0.05) is 19.3 Å². The van der Waals surface area contributed by atoms with Crippen molar-refractivity contribution in [2.24, 2.45) is 0 Å². The Morgan fingerprint density at radius 3 is 0.897 bits per heavy atom. The summed E-state index contributed by atoms with van der Waals surface area (Å²) in [4.78, 5) is 38.1. The van der Waals surface area contributed by atoms with Crippen LogP contribution >= 0.6 is 0 Å². The summed E-state index contributed by atoms with van der Waals surface area (Å²) >= 11 is 0. The van der Waals surface area contributed by atoms with E-state index in [2.05, 4.69) is 45.1 Å². The molecule has 0 rings (SSSR count). The summed E-state index contributed by atoms with van der Waals surface area (Å²) in [6.07, 6.45) is 78.2. The van der Waals surface area contributed by atoms with E-state index in [1.54, 1.807) is 0 Å². The molecule has 380 valence electrons. The predicted octanol–water partition coefficient (Wildman–Crippen LogP) is 18.0. The lowest BCUT2D eigenvalue weighted by atomic mass is 10.0. The van der Waals surface area contributed by atoms with Crippen molar-refractivity contribution in [1.29, 1.82) is 0 Å². The van der Waals surface area contributed by atoms with Gasteiger partial charge in [0.05, 0.1) is 0 Å². The molecule has 0 fully saturated rings. The number of hydrogen-bond acceptors (Lipinski definition) is 6. The second-order valence-corrected chi connectivity index (χ2v) is 17.3. The average Bonchev–Trinajstić information content (AvgIpc) is 3.34. The molecule has 6 heteroatoms. The molecular formula is C62H96O6. The molecule has 0 N–H and O–H groups in total. The topological polar surface area (TPSA) is 78.9 Å². The second-order valence-electron chi connectivity index (χ2n) is 17.3. The Labute approximate surface area is 417 Å². The first-order valence-electron chi connectivity index (χ1n) is 27.0. The normalized spacial score (nSPS) is 13.3.